The van der Waals surface area contributed by atoms with Crippen molar-refractivity contribution in [3.63, 3.8) is 0 Å². The molecule has 1 saturated heterocycles. The molecule has 1 N–H and O–H groups in total. The average molecular weight is 367 g/mol. The van der Waals surface area contributed by atoms with Crippen molar-refractivity contribution in [2.24, 2.45) is 5.92 Å². The highest BCUT2D eigenvalue weighted by atomic mass is 19.1. The van der Waals surface area contributed by atoms with Crippen LogP contribution in [-0.2, 0) is 16.9 Å². The Bertz CT molecular complexity index is 774. The predicted molar refractivity (Wildman–Crippen MR) is 102 cm³/mol. The van der Waals surface area contributed by atoms with Gasteiger partial charge in [0.25, 0.3) is 0 Å². The van der Waals surface area contributed by atoms with Gasteiger partial charge >= 0.3 is 0 Å². The van der Waals surface area contributed by atoms with Crippen molar-refractivity contribution >= 4 is 5.91 Å². The molecule has 2 fully saturated rings. The number of hydrogen-bond acceptors (Lipinski definition) is 3. The normalized spacial score (nSPS) is 22.0. The van der Waals surface area contributed by atoms with Crippen LogP contribution in [0.3, 0.4) is 0 Å². The van der Waals surface area contributed by atoms with Crippen LogP contribution >= 0.6 is 0 Å². The summed E-state index contributed by atoms with van der Waals surface area (Å²) in [5, 5.41) is 3.32. The number of benzene rings is 1. The second kappa shape index (κ2) is 7.77. The number of nitrogens with one attached hydrogen (secondary N) is 1. The second-order valence-electron chi connectivity index (χ2n) is 7.87. The van der Waals surface area contributed by atoms with E-state index in [2.05, 4.69) is 21.3 Å². The van der Waals surface area contributed by atoms with Crippen molar-refractivity contribution in [2.45, 2.75) is 44.2 Å². The fraction of sp³-hybridized carbons (Fsp3) is 0.455. The van der Waals surface area contributed by atoms with Gasteiger partial charge in [-0.2, -0.15) is 0 Å². The lowest BCUT2D eigenvalue weighted by Crippen LogP contribution is -2.54. The molecule has 1 atom stereocenters. The van der Waals surface area contributed by atoms with E-state index in [0.717, 1.165) is 57.3 Å². The van der Waals surface area contributed by atoms with E-state index in [1.165, 1.54) is 17.7 Å². The van der Waals surface area contributed by atoms with Gasteiger partial charge < -0.3 is 5.32 Å². The smallest absolute Gasteiger partial charge is 0.225 e. The SMILES string of the molecule is O=C(NC1(c2ccc(F)cc2)CCC1)C1CCCN(Cc2cccnc2)C1. The molecule has 1 aliphatic heterocycles. The number of amides is 1. The third-order valence-electron chi connectivity index (χ3n) is 5.97. The van der Waals surface area contributed by atoms with Gasteiger partial charge in [-0.3, -0.25) is 14.7 Å². The standard InChI is InChI=1S/C22H26FN3O/c23-20-8-6-19(7-9-20)22(10-3-11-22)25-21(27)18-5-2-13-26(16-18)15-17-4-1-12-24-14-17/h1,4,6-9,12,14,18H,2-3,5,10-11,13,15-16H2,(H,25,27). The Morgan fingerprint density at radius 2 is 2.04 bits per heavy atom. The van der Waals surface area contributed by atoms with Gasteiger partial charge in [-0.1, -0.05) is 18.2 Å². The first kappa shape index (κ1) is 18.1. The van der Waals surface area contributed by atoms with E-state index in [9.17, 15) is 9.18 Å². The monoisotopic (exact) mass is 367 g/mol. The molecule has 4 rings (SSSR count). The summed E-state index contributed by atoms with van der Waals surface area (Å²) in [6.45, 7) is 2.63. The van der Waals surface area contributed by atoms with Crippen LogP contribution < -0.4 is 5.32 Å². The molecule has 1 unspecified atom stereocenters. The molecular formula is C22H26FN3O. The molecular weight excluding hydrogens is 341 g/mol. The van der Waals surface area contributed by atoms with Crippen molar-refractivity contribution in [2.75, 3.05) is 13.1 Å². The summed E-state index contributed by atoms with van der Waals surface area (Å²) in [6.07, 6.45) is 8.57. The molecule has 0 spiro atoms. The summed E-state index contributed by atoms with van der Waals surface area (Å²) < 4.78 is 13.3. The topological polar surface area (TPSA) is 45.2 Å². The highest BCUT2D eigenvalue weighted by molar-refractivity contribution is 5.80. The van der Waals surface area contributed by atoms with Gasteiger partial charge in [-0.05, 0) is 68.0 Å². The number of pyridine rings is 1. The van der Waals surface area contributed by atoms with E-state index >= 15 is 0 Å². The summed E-state index contributed by atoms with van der Waals surface area (Å²) in [7, 11) is 0. The van der Waals surface area contributed by atoms with Crippen LogP contribution in [-0.4, -0.2) is 28.9 Å². The molecule has 1 aromatic heterocycles. The molecule has 2 heterocycles. The maximum atomic E-state index is 13.3. The molecule has 1 aliphatic carbocycles. The zero-order valence-electron chi connectivity index (χ0n) is 15.5. The van der Waals surface area contributed by atoms with Crippen LogP contribution in [0.1, 0.15) is 43.2 Å². The third kappa shape index (κ3) is 4.03. The number of carbonyl (C=O) groups excluding carboxylic acids is 1. The van der Waals surface area contributed by atoms with Gasteiger partial charge in [0.1, 0.15) is 5.82 Å². The lowest BCUT2D eigenvalue weighted by molar-refractivity contribution is -0.130. The van der Waals surface area contributed by atoms with Crippen LogP contribution in [0, 0.1) is 11.7 Å². The summed E-state index contributed by atoms with van der Waals surface area (Å²) in [6, 6.07) is 10.6. The van der Waals surface area contributed by atoms with E-state index in [-0.39, 0.29) is 23.2 Å². The molecule has 1 saturated carbocycles. The zero-order valence-corrected chi connectivity index (χ0v) is 15.5. The first-order valence-electron chi connectivity index (χ1n) is 9.84. The zero-order chi connectivity index (χ0) is 18.7. The minimum atomic E-state index is -0.309. The molecule has 27 heavy (non-hydrogen) atoms. The number of nitrogens with zero attached hydrogens (tertiary/aromatic N) is 2. The fourth-order valence-electron chi connectivity index (χ4n) is 4.29. The Balaban J connectivity index is 1.40. The minimum Gasteiger partial charge on any atom is -0.346 e. The molecule has 1 aromatic carbocycles. The number of aromatic nitrogens is 1. The minimum absolute atomic E-state index is 0.00773. The van der Waals surface area contributed by atoms with E-state index in [4.69, 9.17) is 0 Å². The molecule has 142 valence electrons. The van der Waals surface area contributed by atoms with Crippen LogP contribution in [0.4, 0.5) is 4.39 Å². The summed E-state index contributed by atoms with van der Waals surface area (Å²) >= 11 is 0. The van der Waals surface area contributed by atoms with Gasteiger partial charge in [0.05, 0.1) is 11.5 Å². The maximum Gasteiger partial charge on any atom is 0.225 e. The fourth-order valence-corrected chi connectivity index (χ4v) is 4.29. The van der Waals surface area contributed by atoms with E-state index < -0.39 is 0 Å². The van der Waals surface area contributed by atoms with Crippen LogP contribution in [0.2, 0.25) is 0 Å². The number of rotatable bonds is 5. The summed E-state index contributed by atoms with van der Waals surface area (Å²) in [5.41, 5.74) is 1.89. The highest BCUT2D eigenvalue weighted by Crippen LogP contribution is 2.41. The summed E-state index contributed by atoms with van der Waals surface area (Å²) in [5.74, 6) is -0.0962. The Kier molecular flexibility index (Phi) is 5.21. The lowest BCUT2D eigenvalue weighted by Gasteiger charge is -2.44. The van der Waals surface area contributed by atoms with Crippen LogP contribution in [0.15, 0.2) is 48.8 Å². The van der Waals surface area contributed by atoms with Gasteiger partial charge in [-0.15, -0.1) is 0 Å². The largest absolute Gasteiger partial charge is 0.346 e. The Morgan fingerprint density at radius 1 is 1.22 bits per heavy atom. The van der Waals surface area contributed by atoms with Crippen molar-refractivity contribution in [1.82, 2.24) is 15.2 Å². The van der Waals surface area contributed by atoms with Gasteiger partial charge in [0.2, 0.25) is 5.91 Å². The van der Waals surface area contributed by atoms with Crippen molar-refractivity contribution in [3.05, 3.63) is 65.7 Å². The molecule has 0 bridgehead atoms. The lowest BCUT2D eigenvalue weighted by atomic mass is 9.71. The average Bonchev–Trinajstić information content (AvgIpc) is 2.66. The summed E-state index contributed by atoms with van der Waals surface area (Å²) in [4.78, 5) is 19.5. The number of halogens is 1. The second-order valence-corrected chi connectivity index (χ2v) is 7.87. The molecule has 2 aliphatic rings. The highest BCUT2D eigenvalue weighted by Gasteiger charge is 2.41. The van der Waals surface area contributed by atoms with Crippen molar-refractivity contribution in [1.29, 1.82) is 0 Å². The van der Waals surface area contributed by atoms with Gasteiger partial charge in [0, 0.05) is 25.5 Å². The Hall–Kier alpha value is -2.27. The molecule has 1 amide bonds. The number of piperidine rings is 1. The van der Waals surface area contributed by atoms with Gasteiger partial charge in [0.15, 0.2) is 0 Å². The van der Waals surface area contributed by atoms with E-state index in [0.29, 0.717) is 0 Å². The number of likely N-dealkylation sites (tertiary alicyclic amines) is 1. The first-order valence-corrected chi connectivity index (χ1v) is 9.84. The number of carbonyl (C=O) groups is 1. The Labute approximate surface area is 159 Å². The van der Waals surface area contributed by atoms with Crippen LogP contribution in [0.5, 0.6) is 0 Å². The van der Waals surface area contributed by atoms with Crippen molar-refractivity contribution in [3.8, 4) is 0 Å². The van der Waals surface area contributed by atoms with Crippen molar-refractivity contribution < 1.29 is 9.18 Å². The maximum absolute atomic E-state index is 13.3. The van der Waals surface area contributed by atoms with Gasteiger partial charge in [-0.25, -0.2) is 4.39 Å². The van der Waals surface area contributed by atoms with E-state index in [1.54, 1.807) is 6.20 Å². The first-order chi connectivity index (χ1) is 13.1. The molecule has 5 heteroatoms. The number of hydrogen-bond donors (Lipinski definition) is 1. The third-order valence-corrected chi connectivity index (χ3v) is 5.97. The van der Waals surface area contributed by atoms with E-state index in [1.807, 2.05) is 24.4 Å². The predicted octanol–water partition coefficient (Wildman–Crippen LogP) is 3.63. The molecule has 0 radical (unpaired) electrons. The van der Waals surface area contributed by atoms with Crippen LogP contribution in [0.25, 0.3) is 0 Å². The molecule has 2 aromatic rings. The quantitative estimate of drug-likeness (QED) is 0.878. The molecule has 4 nitrogen and oxygen atoms in total. The Morgan fingerprint density at radius 3 is 2.70 bits per heavy atom.